The highest BCUT2D eigenvalue weighted by molar-refractivity contribution is 7.99. The Labute approximate surface area is 98.0 Å². The molecular weight excluding hydrogens is 208 g/mol. The summed E-state index contributed by atoms with van der Waals surface area (Å²) in [4.78, 5) is 0. The maximum absolute atomic E-state index is 2.17. The normalized spacial score (nSPS) is 24.0. The molecule has 1 heterocycles. The predicted octanol–water partition coefficient (Wildman–Crippen LogP) is 4.59. The Balaban J connectivity index is 2.00. The van der Waals surface area contributed by atoms with Gasteiger partial charge < -0.3 is 0 Å². The second-order valence-corrected chi connectivity index (χ2v) is 6.50. The molecule has 0 N–H and O–H groups in total. The Kier molecular flexibility index (Phi) is 9.33. The minimum atomic E-state index is 1.41. The molecule has 0 aliphatic carbocycles. The van der Waals surface area contributed by atoms with E-state index >= 15 is 0 Å². The first-order valence-electron chi connectivity index (χ1n) is 6.15. The van der Waals surface area contributed by atoms with E-state index in [1.807, 2.05) is 0 Å². The Morgan fingerprint density at radius 3 is 0.929 bits per heavy atom. The zero-order valence-electron chi connectivity index (χ0n) is 9.30. The third kappa shape index (κ3) is 8.05. The maximum atomic E-state index is 2.17. The zero-order chi connectivity index (χ0) is 9.90. The largest absolute Gasteiger partial charge is 0.162 e. The van der Waals surface area contributed by atoms with Crippen molar-refractivity contribution in [3.63, 3.8) is 0 Å². The standard InChI is InChI=1S/C12H24S2/c1-2-6-10-14-12-8-4-3-7-11-13-9-5-1/h1-12H2. The highest BCUT2D eigenvalue weighted by Gasteiger charge is 1.96. The summed E-state index contributed by atoms with van der Waals surface area (Å²) in [5.41, 5.74) is 0. The van der Waals surface area contributed by atoms with Crippen LogP contribution in [-0.4, -0.2) is 23.0 Å². The van der Waals surface area contributed by atoms with Crippen LogP contribution in [0.5, 0.6) is 0 Å². The Morgan fingerprint density at radius 2 is 0.643 bits per heavy atom. The molecule has 0 bridgehead atoms. The third-order valence-electron chi connectivity index (χ3n) is 2.65. The second-order valence-electron chi connectivity index (χ2n) is 4.05. The van der Waals surface area contributed by atoms with E-state index in [0.717, 1.165) is 0 Å². The van der Waals surface area contributed by atoms with Gasteiger partial charge in [0.2, 0.25) is 0 Å². The van der Waals surface area contributed by atoms with Gasteiger partial charge in [-0.2, -0.15) is 23.5 Å². The van der Waals surface area contributed by atoms with Gasteiger partial charge in [-0.1, -0.05) is 25.7 Å². The predicted molar refractivity (Wildman–Crippen MR) is 71.6 cm³/mol. The van der Waals surface area contributed by atoms with Crippen molar-refractivity contribution in [2.75, 3.05) is 23.0 Å². The van der Waals surface area contributed by atoms with Gasteiger partial charge >= 0.3 is 0 Å². The lowest BCUT2D eigenvalue weighted by molar-refractivity contribution is 0.698. The van der Waals surface area contributed by atoms with Crippen molar-refractivity contribution in [1.82, 2.24) is 0 Å². The number of thioether (sulfide) groups is 2. The first-order chi connectivity index (χ1) is 7.00. The lowest BCUT2D eigenvalue weighted by Gasteiger charge is -2.05. The van der Waals surface area contributed by atoms with Crippen molar-refractivity contribution in [2.24, 2.45) is 0 Å². The third-order valence-corrected chi connectivity index (χ3v) is 4.96. The monoisotopic (exact) mass is 232 g/mol. The van der Waals surface area contributed by atoms with Crippen LogP contribution in [0.3, 0.4) is 0 Å². The minimum absolute atomic E-state index is 1.41. The molecule has 1 saturated heterocycles. The van der Waals surface area contributed by atoms with Crippen molar-refractivity contribution in [3.05, 3.63) is 0 Å². The summed E-state index contributed by atoms with van der Waals surface area (Å²) in [5, 5.41) is 0. The Bertz CT molecular complexity index is 61.6. The average Bonchev–Trinajstić information content (AvgIpc) is 2.22. The van der Waals surface area contributed by atoms with Gasteiger partial charge in [0.25, 0.3) is 0 Å². The van der Waals surface area contributed by atoms with E-state index in [2.05, 4.69) is 23.5 Å². The first kappa shape index (κ1) is 12.8. The van der Waals surface area contributed by atoms with Crippen LogP contribution >= 0.6 is 23.5 Å². The van der Waals surface area contributed by atoms with E-state index in [4.69, 9.17) is 0 Å². The van der Waals surface area contributed by atoms with Crippen LogP contribution in [0, 0.1) is 0 Å². The SMILES string of the molecule is C1CCCSCCCCCCSCC1. The summed E-state index contributed by atoms with van der Waals surface area (Å²) < 4.78 is 0. The summed E-state index contributed by atoms with van der Waals surface area (Å²) >= 11 is 4.35. The van der Waals surface area contributed by atoms with Gasteiger partial charge in [-0.3, -0.25) is 0 Å². The Hall–Kier alpha value is 0.700. The lowest BCUT2D eigenvalue weighted by Crippen LogP contribution is -1.90. The quantitative estimate of drug-likeness (QED) is 0.599. The van der Waals surface area contributed by atoms with Crippen LogP contribution in [0.4, 0.5) is 0 Å². The molecule has 1 fully saturated rings. The van der Waals surface area contributed by atoms with Gasteiger partial charge in [-0.05, 0) is 48.7 Å². The highest BCUT2D eigenvalue weighted by Crippen LogP contribution is 2.15. The van der Waals surface area contributed by atoms with E-state index < -0.39 is 0 Å². The smallest absolute Gasteiger partial charge is 0.00675 e. The van der Waals surface area contributed by atoms with Gasteiger partial charge in [-0.15, -0.1) is 0 Å². The molecule has 0 saturated carbocycles. The lowest BCUT2D eigenvalue weighted by atomic mass is 10.2. The van der Waals surface area contributed by atoms with Gasteiger partial charge in [0.05, 0.1) is 0 Å². The fraction of sp³-hybridized carbons (Fsp3) is 1.00. The summed E-state index contributed by atoms with van der Waals surface area (Å²) in [5.74, 6) is 5.64. The van der Waals surface area contributed by atoms with Crippen LogP contribution in [0.1, 0.15) is 51.4 Å². The molecule has 0 atom stereocenters. The molecule has 0 aromatic heterocycles. The van der Waals surface area contributed by atoms with E-state index in [1.54, 1.807) is 0 Å². The van der Waals surface area contributed by atoms with Crippen molar-refractivity contribution in [1.29, 1.82) is 0 Å². The average molecular weight is 232 g/mol. The Morgan fingerprint density at radius 1 is 0.357 bits per heavy atom. The summed E-state index contributed by atoms with van der Waals surface area (Å²) in [6.07, 6.45) is 11.7. The molecule has 1 aliphatic heterocycles. The topological polar surface area (TPSA) is 0 Å². The maximum Gasteiger partial charge on any atom is -0.00675 e. The van der Waals surface area contributed by atoms with E-state index in [-0.39, 0.29) is 0 Å². The van der Waals surface area contributed by atoms with Crippen molar-refractivity contribution >= 4 is 23.5 Å². The summed E-state index contributed by atoms with van der Waals surface area (Å²) in [6.45, 7) is 0. The van der Waals surface area contributed by atoms with Gasteiger partial charge in [0, 0.05) is 0 Å². The molecule has 0 aromatic carbocycles. The molecule has 1 rings (SSSR count). The summed E-state index contributed by atoms with van der Waals surface area (Å²) in [7, 11) is 0. The molecule has 0 nitrogen and oxygen atoms in total. The number of rotatable bonds is 0. The van der Waals surface area contributed by atoms with Crippen LogP contribution in [-0.2, 0) is 0 Å². The van der Waals surface area contributed by atoms with Crippen LogP contribution in [0.15, 0.2) is 0 Å². The van der Waals surface area contributed by atoms with Crippen LogP contribution < -0.4 is 0 Å². The van der Waals surface area contributed by atoms with Gasteiger partial charge in [0.15, 0.2) is 0 Å². The number of hydrogen-bond donors (Lipinski definition) is 0. The molecule has 0 spiro atoms. The molecule has 1 aliphatic rings. The van der Waals surface area contributed by atoms with E-state index in [0.29, 0.717) is 0 Å². The van der Waals surface area contributed by atoms with Gasteiger partial charge in [0.1, 0.15) is 0 Å². The van der Waals surface area contributed by atoms with E-state index in [9.17, 15) is 0 Å². The zero-order valence-corrected chi connectivity index (χ0v) is 10.9. The molecule has 2 heteroatoms. The minimum Gasteiger partial charge on any atom is -0.162 e. The molecule has 0 unspecified atom stereocenters. The van der Waals surface area contributed by atoms with Crippen LogP contribution in [0.2, 0.25) is 0 Å². The summed E-state index contributed by atoms with van der Waals surface area (Å²) in [6, 6.07) is 0. The van der Waals surface area contributed by atoms with Crippen LogP contribution in [0.25, 0.3) is 0 Å². The molecule has 0 amide bonds. The fourth-order valence-electron chi connectivity index (χ4n) is 1.73. The number of hydrogen-bond acceptors (Lipinski definition) is 2. The molecule has 0 aromatic rings. The van der Waals surface area contributed by atoms with Crippen molar-refractivity contribution in [2.45, 2.75) is 51.4 Å². The molecule has 14 heavy (non-hydrogen) atoms. The molecule has 84 valence electrons. The fourth-order valence-corrected chi connectivity index (χ4v) is 3.77. The van der Waals surface area contributed by atoms with Gasteiger partial charge in [-0.25, -0.2) is 0 Å². The second kappa shape index (κ2) is 10.2. The first-order valence-corrected chi connectivity index (χ1v) is 8.46. The molecule has 0 radical (unpaired) electrons. The highest BCUT2D eigenvalue weighted by atomic mass is 32.2. The molecular formula is C12H24S2. The van der Waals surface area contributed by atoms with Crippen molar-refractivity contribution < 1.29 is 0 Å². The van der Waals surface area contributed by atoms with E-state index in [1.165, 1.54) is 74.4 Å². The van der Waals surface area contributed by atoms with Crippen molar-refractivity contribution in [3.8, 4) is 0 Å².